The molecule has 0 aliphatic carbocycles. The molecule has 1 aromatic carbocycles. The van der Waals surface area contributed by atoms with Crippen LogP contribution in [0.15, 0.2) is 34.3 Å². The molecule has 184 valence electrons. The van der Waals surface area contributed by atoms with Crippen molar-refractivity contribution in [3.05, 3.63) is 35.4 Å². The largest absolute Gasteiger partial charge is 0.469 e. The Morgan fingerprint density at radius 2 is 1.65 bits per heavy atom. The normalized spacial score (nSPS) is 19.1. The minimum Gasteiger partial charge on any atom is -0.469 e. The smallest absolute Gasteiger partial charge is 0.307 e. The number of methoxy groups -OCH3 is 2. The van der Waals surface area contributed by atoms with Crippen molar-refractivity contribution in [1.29, 1.82) is 0 Å². The van der Waals surface area contributed by atoms with Gasteiger partial charge in [0.2, 0.25) is 5.91 Å². The highest BCUT2D eigenvalue weighted by molar-refractivity contribution is 8.15. The summed E-state index contributed by atoms with van der Waals surface area (Å²) in [6, 6.07) is 6.28. The van der Waals surface area contributed by atoms with Crippen molar-refractivity contribution in [2.24, 2.45) is 15.7 Å². The molecule has 12 heteroatoms. The van der Waals surface area contributed by atoms with Gasteiger partial charge < -0.3 is 25.4 Å². The van der Waals surface area contributed by atoms with E-state index in [4.69, 9.17) is 5.73 Å². The van der Waals surface area contributed by atoms with Crippen LogP contribution in [-0.4, -0.2) is 85.3 Å². The molecule has 3 N–H and O–H groups in total. The molecular weight excluding hydrogens is 462 g/mol. The van der Waals surface area contributed by atoms with Crippen molar-refractivity contribution < 1.29 is 28.7 Å². The second kappa shape index (κ2) is 12.7. The molecule has 0 radical (unpaired) electrons. The molecule has 2 atom stereocenters. The number of nitrogens with zero attached hydrogens (tertiary/aromatic N) is 3. The van der Waals surface area contributed by atoms with E-state index >= 15 is 0 Å². The maximum atomic E-state index is 12.7. The van der Waals surface area contributed by atoms with Crippen molar-refractivity contribution in [3.63, 3.8) is 0 Å². The van der Waals surface area contributed by atoms with Crippen molar-refractivity contribution in [1.82, 2.24) is 10.2 Å². The fourth-order valence-corrected chi connectivity index (χ4v) is 4.20. The van der Waals surface area contributed by atoms with Crippen LogP contribution in [0.4, 0.5) is 0 Å². The molecule has 1 aliphatic heterocycles. The number of benzene rings is 1. The van der Waals surface area contributed by atoms with Crippen LogP contribution in [0.3, 0.4) is 0 Å². The molecule has 1 heterocycles. The Morgan fingerprint density at radius 3 is 2.26 bits per heavy atom. The summed E-state index contributed by atoms with van der Waals surface area (Å²) in [5, 5.41) is 2.67. The second-order valence-corrected chi connectivity index (χ2v) is 8.49. The zero-order valence-electron chi connectivity index (χ0n) is 19.6. The minimum absolute atomic E-state index is 0.0831. The molecule has 1 aliphatic rings. The highest BCUT2D eigenvalue weighted by Crippen LogP contribution is 2.31. The third-order valence-corrected chi connectivity index (χ3v) is 6.60. The van der Waals surface area contributed by atoms with Gasteiger partial charge in [-0.05, 0) is 19.1 Å². The first-order chi connectivity index (χ1) is 16.2. The van der Waals surface area contributed by atoms with Gasteiger partial charge >= 0.3 is 11.9 Å². The summed E-state index contributed by atoms with van der Waals surface area (Å²) in [7, 11) is 4.36. The number of hydrogen-bond acceptors (Lipinski definition) is 8. The van der Waals surface area contributed by atoms with Crippen LogP contribution in [0.1, 0.15) is 35.7 Å². The molecule has 0 aromatic heterocycles. The fraction of sp³-hybridized carbons (Fsp3) is 0.455. The van der Waals surface area contributed by atoms with Crippen LogP contribution < -0.4 is 11.1 Å². The molecule has 0 saturated carbocycles. The SMILES string of the molecule is COC(=O)CCN=C(N)c1ccc(C(=O)N=C2SC(C(=O)NCCC(=O)OC)C(C)N2C)cc1. The van der Waals surface area contributed by atoms with Crippen molar-refractivity contribution in [2.75, 3.05) is 34.4 Å². The van der Waals surface area contributed by atoms with Gasteiger partial charge in [0.15, 0.2) is 5.17 Å². The van der Waals surface area contributed by atoms with Gasteiger partial charge in [-0.3, -0.25) is 24.2 Å². The van der Waals surface area contributed by atoms with Gasteiger partial charge in [0.1, 0.15) is 11.1 Å². The zero-order valence-corrected chi connectivity index (χ0v) is 20.4. The van der Waals surface area contributed by atoms with Crippen LogP contribution >= 0.6 is 11.8 Å². The average molecular weight is 492 g/mol. The molecule has 2 amide bonds. The van der Waals surface area contributed by atoms with E-state index < -0.39 is 17.1 Å². The Kier molecular flexibility index (Phi) is 10.0. The number of hydrogen-bond donors (Lipinski definition) is 2. The Labute approximate surface area is 202 Å². The Balaban J connectivity index is 2.00. The van der Waals surface area contributed by atoms with E-state index in [9.17, 15) is 19.2 Å². The monoisotopic (exact) mass is 491 g/mol. The summed E-state index contributed by atoms with van der Waals surface area (Å²) in [5.74, 6) is -1.23. The van der Waals surface area contributed by atoms with E-state index in [-0.39, 0.29) is 49.7 Å². The lowest BCUT2D eigenvalue weighted by Crippen LogP contribution is -2.41. The molecule has 1 saturated heterocycles. The fourth-order valence-electron chi connectivity index (χ4n) is 2.94. The third-order valence-electron chi connectivity index (χ3n) is 5.15. The highest BCUT2D eigenvalue weighted by Gasteiger charge is 2.39. The van der Waals surface area contributed by atoms with E-state index in [1.165, 1.54) is 26.0 Å². The Morgan fingerprint density at radius 1 is 1.06 bits per heavy atom. The quantitative estimate of drug-likeness (QED) is 0.287. The van der Waals surface area contributed by atoms with Crippen molar-refractivity contribution in [3.8, 4) is 0 Å². The van der Waals surface area contributed by atoms with Gasteiger partial charge in [-0.1, -0.05) is 23.9 Å². The molecule has 0 spiro atoms. The van der Waals surface area contributed by atoms with Crippen LogP contribution in [-0.2, 0) is 23.9 Å². The lowest BCUT2D eigenvalue weighted by Gasteiger charge is -2.19. The van der Waals surface area contributed by atoms with Crippen molar-refractivity contribution in [2.45, 2.75) is 31.1 Å². The van der Waals surface area contributed by atoms with E-state index in [1.807, 2.05) is 6.92 Å². The molecule has 11 nitrogen and oxygen atoms in total. The summed E-state index contributed by atoms with van der Waals surface area (Å²) < 4.78 is 9.11. The van der Waals surface area contributed by atoms with Gasteiger partial charge in [-0.2, -0.15) is 4.99 Å². The first-order valence-corrected chi connectivity index (χ1v) is 11.4. The minimum atomic E-state index is -0.474. The Hall–Kier alpha value is -3.41. The predicted molar refractivity (Wildman–Crippen MR) is 129 cm³/mol. The summed E-state index contributed by atoms with van der Waals surface area (Å²) in [6.07, 6.45) is 0.207. The standard InChI is InChI=1S/C22H29N5O6S/c1-13-18(21(31)25-12-10-17(29)33-4)34-22(27(13)2)26-20(30)15-7-5-14(6-8-15)19(23)24-11-9-16(28)32-3/h5-8,13,18H,9-12H2,1-4H3,(H2,23,24)(H,25,31). The maximum absolute atomic E-state index is 12.7. The number of nitrogens with one attached hydrogen (secondary N) is 1. The lowest BCUT2D eigenvalue weighted by molar-refractivity contribution is -0.141. The highest BCUT2D eigenvalue weighted by atomic mass is 32.2. The van der Waals surface area contributed by atoms with Crippen LogP contribution in [0.5, 0.6) is 0 Å². The number of carbonyl (C=O) groups excluding carboxylic acids is 4. The molecular formula is C22H29N5O6S. The van der Waals surface area contributed by atoms with E-state index in [0.29, 0.717) is 16.3 Å². The van der Waals surface area contributed by atoms with E-state index in [1.54, 1.807) is 36.2 Å². The summed E-state index contributed by atoms with van der Waals surface area (Å²) in [4.78, 5) is 57.6. The van der Waals surface area contributed by atoms with Crippen molar-refractivity contribution >= 4 is 46.5 Å². The van der Waals surface area contributed by atoms with Gasteiger partial charge in [-0.15, -0.1) is 0 Å². The number of esters is 2. The number of nitrogens with two attached hydrogens (primary N) is 1. The zero-order chi connectivity index (χ0) is 25.3. The number of rotatable bonds is 9. The molecule has 2 unspecified atom stereocenters. The first kappa shape index (κ1) is 26.8. The molecule has 1 fully saturated rings. The lowest BCUT2D eigenvalue weighted by atomic mass is 10.1. The van der Waals surface area contributed by atoms with Gasteiger partial charge in [0, 0.05) is 30.8 Å². The number of ether oxygens (including phenoxy) is 2. The van der Waals surface area contributed by atoms with Crippen LogP contribution in [0, 0.1) is 0 Å². The summed E-state index contributed by atoms with van der Waals surface area (Å²) >= 11 is 1.19. The number of aliphatic imine (C=N–C) groups is 2. The van der Waals surface area contributed by atoms with Gasteiger partial charge in [-0.25, -0.2) is 0 Å². The first-order valence-electron chi connectivity index (χ1n) is 10.5. The predicted octanol–water partition coefficient (Wildman–Crippen LogP) is 0.566. The maximum Gasteiger partial charge on any atom is 0.307 e. The Bertz CT molecular complexity index is 979. The molecule has 1 aromatic rings. The topological polar surface area (TPSA) is 153 Å². The summed E-state index contributed by atoms with van der Waals surface area (Å²) in [5.41, 5.74) is 6.89. The van der Waals surface area contributed by atoms with Crippen LogP contribution in [0.25, 0.3) is 0 Å². The van der Waals surface area contributed by atoms with E-state index in [0.717, 1.165) is 0 Å². The summed E-state index contributed by atoms with van der Waals surface area (Å²) in [6.45, 7) is 2.24. The number of amides is 2. The third kappa shape index (κ3) is 7.30. The van der Waals surface area contributed by atoms with E-state index in [2.05, 4.69) is 24.8 Å². The van der Waals surface area contributed by atoms with Gasteiger partial charge in [0.05, 0.1) is 33.6 Å². The molecule has 0 bridgehead atoms. The van der Waals surface area contributed by atoms with Gasteiger partial charge in [0.25, 0.3) is 5.91 Å². The molecule has 34 heavy (non-hydrogen) atoms. The van der Waals surface area contributed by atoms with Crippen LogP contribution in [0.2, 0.25) is 0 Å². The molecule has 2 rings (SSSR count). The average Bonchev–Trinajstić information content (AvgIpc) is 3.12. The number of amidine groups is 2. The number of thioether (sulfide) groups is 1. The second-order valence-electron chi connectivity index (χ2n) is 7.38. The number of carbonyl (C=O) groups is 4.